The number of nitrogens with one attached hydrogen (secondary N) is 1. The summed E-state index contributed by atoms with van der Waals surface area (Å²) in [7, 11) is 1.69. The van der Waals surface area contributed by atoms with Crippen molar-refractivity contribution in [2.24, 2.45) is 5.92 Å². The lowest BCUT2D eigenvalue weighted by molar-refractivity contribution is 0.0122. The Morgan fingerprint density at radius 3 is 2.50 bits per heavy atom. The van der Waals surface area contributed by atoms with Crippen molar-refractivity contribution in [1.29, 1.82) is 0 Å². The number of methoxy groups -OCH3 is 1. The molecule has 1 aromatic carbocycles. The molecule has 0 spiro atoms. The van der Waals surface area contributed by atoms with Crippen LogP contribution in [0.2, 0.25) is 0 Å². The van der Waals surface area contributed by atoms with Gasteiger partial charge in [-0.25, -0.2) is 0 Å². The minimum atomic E-state index is -0.697. The Balaban J connectivity index is 2.75. The maximum Gasteiger partial charge on any atom is 0.132 e. The molecule has 0 aliphatic heterocycles. The maximum absolute atomic E-state index is 10.3. The molecule has 114 valence electrons. The zero-order valence-corrected chi connectivity index (χ0v) is 14.2. The summed E-state index contributed by atoms with van der Waals surface area (Å²) < 4.78 is 5.41. The standard InChI is InChI=1S/C16H27NO2S/c1-11(2)16(4,18)10-17-12(3)13-7-8-15(20-6)14(9-13)19-5/h7-9,11-12,17-18H,10H2,1-6H3. The van der Waals surface area contributed by atoms with Gasteiger partial charge in [-0.05, 0) is 43.7 Å². The van der Waals surface area contributed by atoms with E-state index in [-0.39, 0.29) is 12.0 Å². The Morgan fingerprint density at radius 1 is 1.35 bits per heavy atom. The topological polar surface area (TPSA) is 41.5 Å². The molecular formula is C16H27NO2S. The molecule has 2 atom stereocenters. The highest BCUT2D eigenvalue weighted by atomic mass is 32.2. The molecular weight excluding hydrogens is 270 g/mol. The Hall–Kier alpha value is -0.710. The molecule has 20 heavy (non-hydrogen) atoms. The molecule has 0 aliphatic carbocycles. The van der Waals surface area contributed by atoms with Crippen LogP contribution in [0.3, 0.4) is 0 Å². The van der Waals surface area contributed by atoms with Gasteiger partial charge in [-0.1, -0.05) is 19.9 Å². The molecule has 0 saturated heterocycles. The summed E-state index contributed by atoms with van der Waals surface area (Å²) in [6.45, 7) is 8.60. The smallest absolute Gasteiger partial charge is 0.132 e. The van der Waals surface area contributed by atoms with Gasteiger partial charge in [0.1, 0.15) is 5.75 Å². The summed E-state index contributed by atoms with van der Waals surface area (Å²) in [5.74, 6) is 1.12. The average molecular weight is 297 g/mol. The molecule has 2 N–H and O–H groups in total. The van der Waals surface area contributed by atoms with Crippen molar-refractivity contribution >= 4 is 11.8 Å². The Labute approximate surface area is 127 Å². The largest absolute Gasteiger partial charge is 0.496 e. The molecule has 1 aromatic rings. The average Bonchev–Trinajstić information content (AvgIpc) is 2.43. The second-order valence-corrected chi connectivity index (χ2v) is 6.58. The summed E-state index contributed by atoms with van der Waals surface area (Å²) in [4.78, 5) is 1.14. The third-order valence-corrected chi connectivity index (χ3v) is 4.69. The van der Waals surface area contributed by atoms with Crippen LogP contribution in [-0.4, -0.2) is 30.6 Å². The number of hydrogen-bond donors (Lipinski definition) is 2. The Morgan fingerprint density at radius 2 is 2.00 bits per heavy atom. The highest BCUT2D eigenvalue weighted by molar-refractivity contribution is 7.98. The highest BCUT2D eigenvalue weighted by Crippen LogP contribution is 2.30. The summed E-state index contributed by atoms with van der Waals surface area (Å²) >= 11 is 1.68. The SMILES string of the molecule is COc1cc(C(C)NCC(C)(O)C(C)C)ccc1SC. The van der Waals surface area contributed by atoms with E-state index in [1.54, 1.807) is 18.9 Å². The van der Waals surface area contributed by atoms with Crippen LogP contribution in [-0.2, 0) is 0 Å². The van der Waals surface area contributed by atoms with Crippen LogP contribution in [0, 0.1) is 5.92 Å². The summed E-state index contributed by atoms with van der Waals surface area (Å²) in [6.07, 6.45) is 2.04. The molecule has 1 rings (SSSR count). The van der Waals surface area contributed by atoms with E-state index in [4.69, 9.17) is 4.74 Å². The zero-order chi connectivity index (χ0) is 15.3. The van der Waals surface area contributed by atoms with E-state index in [2.05, 4.69) is 30.4 Å². The predicted octanol–water partition coefficient (Wildman–Crippen LogP) is 3.47. The quantitative estimate of drug-likeness (QED) is 0.756. The number of hydrogen-bond acceptors (Lipinski definition) is 4. The molecule has 0 aliphatic rings. The molecule has 0 radical (unpaired) electrons. The van der Waals surface area contributed by atoms with Gasteiger partial charge < -0.3 is 15.2 Å². The van der Waals surface area contributed by atoms with Gasteiger partial charge in [-0.2, -0.15) is 0 Å². The van der Waals surface area contributed by atoms with Crippen molar-refractivity contribution < 1.29 is 9.84 Å². The van der Waals surface area contributed by atoms with E-state index < -0.39 is 5.60 Å². The van der Waals surface area contributed by atoms with Crippen LogP contribution in [0.1, 0.15) is 39.3 Å². The maximum atomic E-state index is 10.3. The lowest BCUT2D eigenvalue weighted by Gasteiger charge is -2.30. The molecule has 2 unspecified atom stereocenters. The van der Waals surface area contributed by atoms with Crippen LogP contribution in [0.5, 0.6) is 5.75 Å². The highest BCUT2D eigenvalue weighted by Gasteiger charge is 2.25. The summed E-state index contributed by atoms with van der Waals surface area (Å²) in [6, 6.07) is 6.42. The molecule has 4 heteroatoms. The van der Waals surface area contributed by atoms with Crippen molar-refractivity contribution in [3.8, 4) is 5.75 Å². The zero-order valence-electron chi connectivity index (χ0n) is 13.4. The molecule has 0 amide bonds. The lowest BCUT2D eigenvalue weighted by Crippen LogP contribution is -2.42. The van der Waals surface area contributed by atoms with E-state index in [0.717, 1.165) is 10.6 Å². The number of rotatable bonds is 7. The normalized spacial score (nSPS) is 16.0. The predicted molar refractivity (Wildman–Crippen MR) is 86.7 cm³/mol. The van der Waals surface area contributed by atoms with E-state index in [1.807, 2.05) is 27.0 Å². The van der Waals surface area contributed by atoms with Crippen LogP contribution in [0.4, 0.5) is 0 Å². The van der Waals surface area contributed by atoms with Crippen molar-refractivity contribution in [3.63, 3.8) is 0 Å². The van der Waals surface area contributed by atoms with Crippen LogP contribution >= 0.6 is 11.8 Å². The molecule has 0 aromatic heterocycles. The minimum Gasteiger partial charge on any atom is -0.496 e. The third-order valence-electron chi connectivity index (χ3n) is 3.92. The van der Waals surface area contributed by atoms with Crippen LogP contribution < -0.4 is 10.1 Å². The van der Waals surface area contributed by atoms with E-state index in [0.29, 0.717) is 6.54 Å². The summed E-state index contributed by atoms with van der Waals surface area (Å²) in [5.41, 5.74) is 0.469. The number of ether oxygens (including phenoxy) is 1. The number of aliphatic hydroxyl groups is 1. The summed E-state index contributed by atoms with van der Waals surface area (Å²) in [5, 5.41) is 13.7. The van der Waals surface area contributed by atoms with Gasteiger partial charge in [0, 0.05) is 17.5 Å². The Kier molecular flexibility index (Phi) is 6.37. The minimum absolute atomic E-state index is 0.171. The first-order valence-corrected chi connectivity index (χ1v) is 8.22. The van der Waals surface area contributed by atoms with E-state index in [1.165, 1.54) is 5.56 Å². The van der Waals surface area contributed by atoms with Gasteiger partial charge in [0.15, 0.2) is 0 Å². The molecule has 0 saturated carbocycles. The molecule has 0 fully saturated rings. The van der Waals surface area contributed by atoms with Gasteiger partial charge >= 0.3 is 0 Å². The number of benzene rings is 1. The fourth-order valence-corrected chi connectivity index (χ4v) is 2.35. The van der Waals surface area contributed by atoms with Crippen LogP contribution in [0.15, 0.2) is 23.1 Å². The Bertz CT molecular complexity index is 432. The van der Waals surface area contributed by atoms with Gasteiger partial charge in [0.25, 0.3) is 0 Å². The second-order valence-electron chi connectivity index (χ2n) is 5.73. The first-order chi connectivity index (χ1) is 9.31. The lowest BCUT2D eigenvalue weighted by atomic mass is 9.92. The van der Waals surface area contributed by atoms with Crippen LogP contribution in [0.25, 0.3) is 0 Å². The molecule has 0 heterocycles. The first-order valence-electron chi connectivity index (χ1n) is 6.99. The van der Waals surface area contributed by atoms with Gasteiger partial charge in [0.05, 0.1) is 12.7 Å². The number of thioether (sulfide) groups is 1. The second kappa shape index (κ2) is 7.34. The molecule has 3 nitrogen and oxygen atoms in total. The van der Waals surface area contributed by atoms with E-state index in [9.17, 15) is 5.11 Å². The monoisotopic (exact) mass is 297 g/mol. The first kappa shape index (κ1) is 17.3. The van der Waals surface area contributed by atoms with Crippen molar-refractivity contribution in [1.82, 2.24) is 5.32 Å². The van der Waals surface area contributed by atoms with E-state index >= 15 is 0 Å². The van der Waals surface area contributed by atoms with Gasteiger partial charge in [-0.3, -0.25) is 0 Å². The van der Waals surface area contributed by atoms with Crippen molar-refractivity contribution in [3.05, 3.63) is 23.8 Å². The van der Waals surface area contributed by atoms with Gasteiger partial charge in [0.2, 0.25) is 0 Å². The molecule has 0 bridgehead atoms. The van der Waals surface area contributed by atoms with Crippen molar-refractivity contribution in [2.45, 2.75) is 44.2 Å². The van der Waals surface area contributed by atoms with Crippen molar-refractivity contribution in [2.75, 3.05) is 19.9 Å². The fourth-order valence-electron chi connectivity index (χ4n) is 1.80. The van der Waals surface area contributed by atoms with Gasteiger partial charge in [-0.15, -0.1) is 11.8 Å². The third kappa shape index (κ3) is 4.40. The fraction of sp³-hybridized carbons (Fsp3) is 0.625.